The van der Waals surface area contributed by atoms with Gasteiger partial charge in [0.15, 0.2) is 5.78 Å². The lowest BCUT2D eigenvalue weighted by Gasteiger charge is -2.07. The van der Waals surface area contributed by atoms with Crippen LogP contribution in [0, 0.1) is 5.92 Å². The van der Waals surface area contributed by atoms with Crippen LogP contribution in [0.25, 0.3) is 0 Å². The number of hydrogen-bond acceptors (Lipinski definition) is 4. The highest BCUT2D eigenvalue weighted by molar-refractivity contribution is 6.01. The number of Topliss-reactive ketones (excluding diaryl/α,β-unsaturated/α-hetero) is 1. The van der Waals surface area contributed by atoms with Gasteiger partial charge in [-0.15, -0.1) is 0 Å². The van der Waals surface area contributed by atoms with Gasteiger partial charge in [-0.2, -0.15) is 0 Å². The van der Waals surface area contributed by atoms with Gasteiger partial charge >= 0.3 is 0 Å². The van der Waals surface area contributed by atoms with Gasteiger partial charge in [0.2, 0.25) is 5.91 Å². The number of aldehydes is 1. The van der Waals surface area contributed by atoms with Crippen molar-refractivity contribution in [2.45, 2.75) is 12.5 Å². The van der Waals surface area contributed by atoms with E-state index in [9.17, 15) is 14.4 Å². The lowest BCUT2D eigenvalue weighted by atomic mass is 9.98. The smallest absolute Gasteiger partial charge is 0.221 e. The Labute approximate surface area is 69.3 Å². The molecule has 2 unspecified atom stereocenters. The molecule has 0 bridgehead atoms. The van der Waals surface area contributed by atoms with Crippen LogP contribution < -0.4 is 11.1 Å². The lowest BCUT2D eigenvalue weighted by Crippen LogP contribution is -2.40. The first kappa shape index (κ1) is 8.86. The summed E-state index contributed by atoms with van der Waals surface area (Å²) < 4.78 is 0. The van der Waals surface area contributed by atoms with Crippen LogP contribution in [-0.2, 0) is 14.4 Å². The highest BCUT2D eigenvalue weighted by Crippen LogP contribution is 2.06. The standard InChI is InChI=1S/C7H10N2O3/c8-5-2-9-6(11)1-4(3-10)7(5)12/h3-5H,1-2,8H2,(H,9,11). The molecule has 5 heteroatoms. The Morgan fingerprint density at radius 3 is 2.75 bits per heavy atom. The van der Waals surface area contributed by atoms with E-state index >= 15 is 0 Å². The molecule has 1 heterocycles. The van der Waals surface area contributed by atoms with Crippen LogP contribution in [0.5, 0.6) is 0 Å². The summed E-state index contributed by atoms with van der Waals surface area (Å²) in [5.41, 5.74) is 5.38. The van der Waals surface area contributed by atoms with E-state index in [0.717, 1.165) is 0 Å². The first-order valence-electron chi connectivity index (χ1n) is 3.66. The van der Waals surface area contributed by atoms with Crippen molar-refractivity contribution in [1.29, 1.82) is 0 Å². The SMILES string of the molecule is NC1CNC(=O)CC(C=O)C1=O. The molecule has 0 spiro atoms. The molecule has 66 valence electrons. The number of nitrogens with two attached hydrogens (primary N) is 1. The number of amides is 1. The van der Waals surface area contributed by atoms with Crippen LogP contribution >= 0.6 is 0 Å². The first-order valence-corrected chi connectivity index (χ1v) is 3.66. The highest BCUT2D eigenvalue weighted by atomic mass is 16.2. The van der Waals surface area contributed by atoms with E-state index in [-0.39, 0.29) is 24.7 Å². The van der Waals surface area contributed by atoms with Crippen molar-refractivity contribution in [1.82, 2.24) is 5.32 Å². The number of hydrogen-bond donors (Lipinski definition) is 2. The van der Waals surface area contributed by atoms with E-state index in [1.165, 1.54) is 0 Å². The van der Waals surface area contributed by atoms with Crippen LogP contribution in [0.3, 0.4) is 0 Å². The summed E-state index contributed by atoms with van der Waals surface area (Å²) in [5, 5.41) is 2.45. The summed E-state index contributed by atoms with van der Waals surface area (Å²) in [6.07, 6.45) is 0.406. The minimum Gasteiger partial charge on any atom is -0.354 e. The lowest BCUT2D eigenvalue weighted by molar-refractivity contribution is -0.131. The van der Waals surface area contributed by atoms with Crippen LogP contribution in [0.1, 0.15) is 6.42 Å². The predicted molar refractivity (Wildman–Crippen MR) is 40.2 cm³/mol. The Morgan fingerprint density at radius 2 is 2.17 bits per heavy atom. The molecule has 0 aromatic rings. The molecule has 0 aromatic carbocycles. The van der Waals surface area contributed by atoms with Crippen molar-refractivity contribution < 1.29 is 14.4 Å². The Balaban J connectivity index is 2.77. The molecule has 1 aliphatic heterocycles. The zero-order valence-corrected chi connectivity index (χ0v) is 6.45. The topological polar surface area (TPSA) is 89.3 Å². The van der Waals surface area contributed by atoms with Crippen LogP contribution in [0.4, 0.5) is 0 Å². The molecule has 0 aliphatic carbocycles. The van der Waals surface area contributed by atoms with Gasteiger partial charge in [0.25, 0.3) is 0 Å². The molecule has 1 amide bonds. The number of nitrogens with one attached hydrogen (secondary N) is 1. The second-order valence-corrected chi connectivity index (χ2v) is 2.76. The second-order valence-electron chi connectivity index (χ2n) is 2.76. The average Bonchev–Trinajstić information content (AvgIpc) is 2.18. The summed E-state index contributed by atoms with van der Waals surface area (Å²) in [7, 11) is 0. The van der Waals surface area contributed by atoms with E-state index in [1.54, 1.807) is 0 Å². The van der Waals surface area contributed by atoms with Gasteiger partial charge < -0.3 is 15.8 Å². The summed E-state index contributed by atoms with van der Waals surface area (Å²) >= 11 is 0. The number of ketones is 1. The molecule has 1 aliphatic rings. The monoisotopic (exact) mass is 170 g/mol. The van der Waals surface area contributed by atoms with Crippen molar-refractivity contribution >= 4 is 18.0 Å². The Bertz CT molecular complexity index is 227. The fourth-order valence-corrected chi connectivity index (χ4v) is 1.09. The minimum absolute atomic E-state index is 0.0734. The van der Waals surface area contributed by atoms with Crippen LogP contribution in [0.2, 0.25) is 0 Å². The van der Waals surface area contributed by atoms with Gasteiger partial charge in [-0.1, -0.05) is 0 Å². The quantitative estimate of drug-likeness (QED) is 0.359. The largest absolute Gasteiger partial charge is 0.354 e. The van der Waals surface area contributed by atoms with Crippen LogP contribution in [0.15, 0.2) is 0 Å². The molecule has 0 radical (unpaired) electrons. The molecule has 1 rings (SSSR count). The molecule has 0 saturated carbocycles. The normalized spacial score (nSPS) is 30.8. The third-order valence-corrected chi connectivity index (χ3v) is 1.82. The first-order chi connectivity index (χ1) is 5.65. The molecular formula is C7H10N2O3. The number of carbonyl (C=O) groups excluding carboxylic acids is 3. The molecular weight excluding hydrogens is 160 g/mol. The van der Waals surface area contributed by atoms with Gasteiger partial charge in [-0.05, 0) is 0 Å². The molecule has 5 nitrogen and oxygen atoms in total. The van der Waals surface area contributed by atoms with Gasteiger partial charge in [0.05, 0.1) is 12.0 Å². The molecule has 12 heavy (non-hydrogen) atoms. The van der Waals surface area contributed by atoms with E-state index in [1.807, 2.05) is 0 Å². The molecule has 2 atom stereocenters. The van der Waals surface area contributed by atoms with Gasteiger partial charge in [-0.25, -0.2) is 0 Å². The summed E-state index contributed by atoms with van der Waals surface area (Å²) in [6.45, 7) is 0.127. The third kappa shape index (κ3) is 1.68. The van der Waals surface area contributed by atoms with E-state index < -0.39 is 12.0 Å². The third-order valence-electron chi connectivity index (χ3n) is 1.82. The Morgan fingerprint density at radius 1 is 1.50 bits per heavy atom. The van der Waals surface area contributed by atoms with Crippen molar-refractivity contribution in [2.75, 3.05) is 6.54 Å². The Hall–Kier alpha value is -1.23. The van der Waals surface area contributed by atoms with Crippen molar-refractivity contribution in [2.24, 2.45) is 11.7 Å². The van der Waals surface area contributed by atoms with E-state index in [2.05, 4.69) is 5.32 Å². The second kappa shape index (κ2) is 3.44. The molecule has 0 aromatic heterocycles. The summed E-state index contributed by atoms with van der Waals surface area (Å²) in [4.78, 5) is 32.4. The van der Waals surface area contributed by atoms with Crippen LogP contribution in [-0.4, -0.2) is 30.6 Å². The van der Waals surface area contributed by atoms with Crippen molar-refractivity contribution in [3.8, 4) is 0 Å². The van der Waals surface area contributed by atoms with Gasteiger partial charge in [0, 0.05) is 13.0 Å². The maximum Gasteiger partial charge on any atom is 0.221 e. The Kier molecular flexibility index (Phi) is 2.54. The molecule has 1 fully saturated rings. The van der Waals surface area contributed by atoms with Crippen molar-refractivity contribution in [3.63, 3.8) is 0 Å². The van der Waals surface area contributed by atoms with E-state index in [4.69, 9.17) is 5.73 Å². The average molecular weight is 170 g/mol. The summed E-state index contributed by atoms with van der Waals surface area (Å²) in [6, 6.07) is -0.744. The zero-order chi connectivity index (χ0) is 9.14. The predicted octanol–water partition coefficient (Wildman–Crippen LogP) is -1.78. The zero-order valence-electron chi connectivity index (χ0n) is 6.45. The fraction of sp³-hybridized carbons (Fsp3) is 0.571. The van der Waals surface area contributed by atoms with Gasteiger partial charge in [-0.3, -0.25) is 9.59 Å². The minimum atomic E-state index is -0.859. The maximum absolute atomic E-state index is 11.2. The van der Waals surface area contributed by atoms with Crippen molar-refractivity contribution in [3.05, 3.63) is 0 Å². The van der Waals surface area contributed by atoms with E-state index in [0.29, 0.717) is 6.29 Å². The summed E-state index contributed by atoms with van der Waals surface area (Å²) in [5.74, 6) is -1.51. The number of carbonyl (C=O) groups is 3. The highest BCUT2D eigenvalue weighted by Gasteiger charge is 2.29. The van der Waals surface area contributed by atoms with Gasteiger partial charge in [0.1, 0.15) is 6.29 Å². The maximum atomic E-state index is 11.2. The molecule has 3 N–H and O–H groups in total. The number of rotatable bonds is 1. The fourth-order valence-electron chi connectivity index (χ4n) is 1.09. The molecule has 1 saturated heterocycles.